The molecule has 0 bridgehead atoms. The maximum absolute atomic E-state index is 13.6. The smallest absolute Gasteiger partial charge is 0.240 e. The van der Waals surface area contributed by atoms with Crippen molar-refractivity contribution in [2.24, 2.45) is 0 Å². The molecule has 3 aromatic rings. The molecule has 6 nitrogen and oxygen atoms in total. The summed E-state index contributed by atoms with van der Waals surface area (Å²) in [7, 11) is 0. The van der Waals surface area contributed by atoms with Crippen LogP contribution in [0.25, 0.3) is 5.69 Å². The molecule has 2 aromatic carbocycles. The van der Waals surface area contributed by atoms with Gasteiger partial charge in [-0.25, -0.2) is 4.39 Å². The second-order valence-corrected chi connectivity index (χ2v) is 9.98. The van der Waals surface area contributed by atoms with Gasteiger partial charge < -0.3 is 4.90 Å². The van der Waals surface area contributed by atoms with Crippen LogP contribution in [0.3, 0.4) is 0 Å². The molecule has 33 heavy (non-hydrogen) atoms. The van der Waals surface area contributed by atoms with Gasteiger partial charge in [-0.05, 0) is 75.2 Å². The number of benzene rings is 2. The fourth-order valence-corrected chi connectivity index (χ4v) is 5.59. The second kappa shape index (κ2) is 9.65. The summed E-state index contributed by atoms with van der Waals surface area (Å²) in [5, 5.41) is 9.27. The number of halogens is 1. The van der Waals surface area contributed by atoms with Crippen LogP contribution in [0.5, 0.6) is 0 Å². The number of aromatic nitrogens is 3. The Morgan fingerprint density at radius 2 is 1.79 bits per heavy atom. The number of nitrogens with zero attached hydrogens (tertiary/aromatic N) is 5. The molecule has 1 amide bonds. The minimum Gasteiger partial charge on any atom is -0.311 e. The zero-order chi connectivity index (χ0) is 22.8. The van der Waals surface area contributed by atoms with Crippen molar-refractivity contribution < 1.29 is 9.18 Å². The van der Waals surface area contributed by atoms with Crippen molar-refractivity contribution in [3.63, 3.8) is 0 Å². The summed E-state index contributed by atoms with van der Waals surface area (Å²) in [6.45, 7) is 5.40. The fourth-order valence-electron chi connectivity index (χ4n) is 4.64. The Labute approximate surface area is 197 Å². The summed E-state index contributed by atoms with van der Waals surface area (Å²) in [4.78, 5) is 17.6. The van der Waals surface area contributed by atoms with E-state index in [1.165, 1.54) is 48.7 Å². The normalized spacial score (nSPS) is 17.2. The van der Waals surface area contributed by atoms with E-state index in [0.717, 1.165) is 36.7 Å². The van der Waals surface area contributed by atoms with Crippen molar-refractivity contribution in [1.29, 1.82) is 0 Å². The lowest BCUT2D eigenvalue weighted by Crippen LogP contribution is -2.35. The number of carbonyl (C=O) groups is 1. The van der Waals surface area contributed by atoms with E-state index in [0.29, 0.717) is 18.2 Å². The van der Waals surface area contributed by atoms with Gasteiger partial charge in [-0.1, -0.05) is 36.4 Å². The molecule has 5 rings (SSSR count). The molecule has 2 aliphatic rings. The van der Waals surface area contributed by atoms with Gasteiger partial charge in [0.15, 0.2) is 11.0 Å². The fraction of sp³-hybridized carbons (Fsp3) is 0.400. The Balaban J connectivity index is 1.40. The maximum Gasteiger partial charge on any atom is 0.240 e. The van der Waals surface area contributed by atoms with Crippen molar-refractivity contribution >= 4 is 23.4 Å². The lowest BCUT2D eigenvalue weighted by atomic mass is 10.1. The minimum atomic E-state index is -0.331. The quantitative estimate of drug-likeness (QED) is 0.503. The molecule has 3 heterocycles. The Morgan fingerprint density at radius 3 is 2.58 bits per heavy atom. The van der Waals surface area contributed by atoms with E-state index < -0.39 is 0 Å². The molecule has 1 atom stereocenters. The number of carbonyl (C=O) groups excluding carboxylic acids is 1. The highest BCUT2D eigenvalue weighted by atomic mass is 32.2. The van der Waals surface area contributed by atoms with E-state index in [1.807, 2.05) is 34.6 Å². The van der Waals surface area contributed by atoms with Gasteiger partial charge >= 0.3 is 0 Å². The molecule has 1 fully saturated rings. The summed E-state index contributed by atoms with van der Waals surface area (Å²) >= 11 is 1.41. The van der Waals surface area contributed by atoms with Crippen molar-refractivity contribution in [3.05, 3.63) is 65.7 Å². The number of rotatable bonds is 6. The van der Waals surface area contributed by atoms with Gasteiger partial charge in [-0.2, -0.15) is 0 Å². The van der Waals surface area contributed by atoms with E-state index in [1.54, 1.807) is 12.1 Å². The largest absolute Gasteiger partial charge is 0.311 e. The predicted molar refractivity (Wildman–Crippen MR) is 128 cm³/mol. The van der Waals surface area contributed by atoms with Crippen molar-refractivity contribution in [3.8, 4) is 5.69 Å². The van der Waals surface area contributed by atoms with Crippen molar-refractivity contribution in [2.45, 2.75) is 49.6 Å². The molecule has 0 aliphatic carbocycles. The van der Waals surface area contributed by atoms with Crippen molar-refractivity contribution in [1.82, 2.24) is 19.7 Å². The van der Waals surface area contributed by atoms with Crippen LogP contribution in [0.4, 0.5) is 10.1 Å². The van der Waals surface area contributed by atoms with Crippen LogP contribution < -0.4 is 4.90 Å². The molecule has 2 aliphatic heterocycles. The zero-order valence-corrected chi connectivity index (χ0v) is 19.6. The van der Waals surface area contributed by atoms with Crippen LogP contribution in [0.15, 0.2) is 53.7 Å². The average Bonchev–Trinajstić information content (AvgIpc) is 3.44. The first-order valence-corrected chi connectivity index (χ1v) is 12.5. The van der Waals surface area contributed by atoms with Crippen LogP contribution >= 0.6 is 11.8 Å². The van der Waals surface area contributed by atoms with Crippen LogP contribution in [0, 0.1) is 5.82 Å². The number of piperidine rings is 1. The number of thioether (sulfide) groups is 1. The highest BCUT2D eigenvalue weighted by molar-refractivity contribution is 8.00. The first-order chi connectivity index (χ1) is 16.1. The monoisotopic (exact) mass is 465 g/mol. The van der Waals surface area contributed by atoms with Gasteiger partial charge in [0, 0.05) is 17.9 Å². The molecule has 0 unspecified atom stereocenters. The average molecular weight is 466 g/mol. The first-order valence-electron chi connectivity index (χ1n) is 11.6. The molecule has 1 saturated heterocycles. The first kappa shape index (κ1) is 22.1. The van der Waals surface area contributed by atoms with E-state index >= 15 is 0 Å². The molecule has 0 saturated carbocycles. The maximum atomic E-state index is 13.6. The topological polar surface area (TPSA) is 54.3 Å². The van der Waals surface area contributed by atoms with Gasteiger partial charge in [0.25, 0.3) is 0 Å². The highest BCUT2D eigenvalue weighted by Gasteiger charge is 2.30. The minimum absolute atomic E-state index is 0.0659. The Kier molecular flexibility index (Phi) is 6.46. The van der Waals surface area contributed by atoms with Crippen molar-refractivity contribution in [2.75, 3.05) is 24.5 Å². The number of amides is 1. The van der Waals surface area contributed by atoms with Gasteiger partial charge in [0.1, 0.15) is 5.82 Å². The highest BCUT2D eigenvalue weighted by Crippen LogP contribution is 2.32. The number of fused-ring (bicyclic) bond motifs is 1. The van der Waals surface area contributed by atoms with E-state index in [4.69, 9.17) is 0 Å². The summed E-state index contributed by atoms with van der Waals surface area (Å²) in [6.07, 6.45) is 4.52. The van der Waals surface area contributed by atoms with Gasteiger partial charge in [0.05, 0.1) is 11.8 Å². The Morgan fingerprint density at radius 1 is 1.03 bits per heavy atom. The SMILES string of the molecule is C[C@@H](Sc1nnc(CN2CCCCC2)n1-c1ccc(F)cc1)C(=O)N1CCc2ccccc21. The third-order valence-corrected chi connectivity index (χ3v) is 7.41. The molecular formula is C25H28FN5OS. The number of para-hydroxylation sites is 1. The Bertz CT molecular complexity index is 1130. The summed E-state index contributed by atoms with van der Waals surface area (Å²) in [5.41, 5.74) is 3.02. The third kappa shape index (κ3) is 4.68. The van der Waals surface area contributed by atoms with Crippen LogP contribution in [-0.2, 0) is 17.8 Å². The third-order valence-electron chi connectivity index (χ3n) is 6.38. The summed E-state index contributed by atoms with van der Waals surface area (Å²) < 4.78 is 15.6. The van der Waals surface area contributed by atoms with Gasteiger partial charge in [-0.3, -0.25) is 14.3 Å². The number of likely N-dealkylation sites (tertiary alicyclic amines) is 1. The van der Waals surface area contributed by atoms with Crippen LogP contribution in [-0.4, -0.2) is 50.5 Å². The standard InChI is InChI=1S/C25H28FN5OS/c1-18(24(32)30-16-13-19-7-3-4-8-22(19)30)33-25-28-27-23(17-29-14-5-2-6-15-29)31(25)21-11-9-20(26)10-12-21/h3-4,7-12,18H,2,5-6,13-17H2,1H3/t18-/m1/s1. The summed E-state index contributed by atoms with van der Waals surface area (Å²) in [5.74, 6) is 0.600. The number of hydrogen-bond acceptors (Lipinski definition) is 5. The molecule has 0 radical (unpaired) electrons. The lowest BCUT2D eigenvalue weighted by molar-refractivity contribution is -0.117. The van der Waals surface area contributed by atoms with Crippen LogP contribution in [0.1, 0.15) is 37.6 Å². The molecule has 0 N–H and O–H groups in total. The number of hydrogen-bond donors (Lipinski definition) is 0. The molecule has 172 valence electrons. The lowest BCUT2D eigenvalue weighted by Gasteiger charge is -2.26. The Hall–Kier alpha value is -2.71. The molecular weight excluding hydrogens is 437 g/mol. The molecule has 0 spiro atoms. The second-order valence-electron chi connectivity index (χ2n) is 8.68. The van der Waals surface area contributed by atoms with E-state index in [2.05, 4.69) is 21.2 Å². The number of anilines is 1. The van der Waals surface area contributed by atoms with E-state index in [-0.39, 0.29) is 17.0 Å². The molecule has 8 heteroatoms. The van der Waals surface area contributed by atoms with Crippen LogP contribution in [0.2, 0.25) is 0 Å². The zero-order valence-electron chi connectivity index (χ0n) is 18.8. The van der Waals surface area contributed by atoms with E-state index in [9.17, 15) is 9.18 Å². The van der Waals surface area contributed by atoms with Gasteiger partial charge in [0.2, 0.25) is 5.91 Å². The predicted octanol–water partition coefficient (Wildman–Crippen LogP) is 4.46. The summed E-state index contributed by atoms with van der Waals surface area (Å²) in [6, 6.07) is 14.5. The molecule has 1 aromatic heterocycles. The van der Waals surface area contributed by atoms with Gasteiger partial charge in [-0.15, -0.1) is 10.2 Å².